The van der Waals surface area contributed by atoms with E-state index >= 15 is 0 Å². The smallest absolute Gasteiger partial charge is 0.337 e. The van der Waals surface area contributed by atoms with E-state index in [2.05, 4.69) is 17.0 Å². The quantitative estimate of drug-likeness (QED) is 0.248. The molecule has 0 bridgehead atoms. The number of benzene rings is 1. The monoisotopic (exact) mass is 376 g/mol. The van der Waals surface area contributed by atoms with Gasteiger partial charge in [0.05, 0.1) is 24.0 Å². The number of anilines is 2. The third kappa shape index (κ3) is 10.0. The lowest BCUT2D eigenvalue weighted by Crippen LogP contribution is -2.13. The van der Waals surface area contributed by atoms with Gasteiger partial charge in [0.2, 0.25) is 5.91 Å². The van der Waals surface area contributed by atoms with Crippen molar-refractivity contribution in [2.24, 2.45) is 0 Å². The van der Waals surface area contributed by atoms with E-state index in [1.165, 1.54) is 64.9 Å². The zero-order valence-electron chi connectivity index (χ0n) is 17.0. The average Bonchev–Trinajstić information content (AvgIpc) is 2.67. The predicted molar refractivity (Wildman–Crippen MR) is 112 cm³/mol. The van der Waals surface area contributed by atoms with Gasteiger partial charge in [-0.05, 0) is 24.6 Å². The summed E-state index contributed by atoms with van der Waals surface area (Å²) in [5.74, 6) is -0.518. The SMILES string of the molecule is CCCCCCCCCCCCCC(=O)Nc1cc(C(=O)OC)ccc1N. The zero-order valence-corrected chi connectivity index (χ0v) is 17.0. The van der Waals surface area contributed by atoms with E-state index in [4.69, 9.17) is 5.73 Å². The fraction of sp³-hybridized carbons (Fsp3) is 0.636. The summed E-state index contributed by atoms with van der Waals surface area (Å²) in [6, 6.07) is 4.74. The van der Waals surface area contributed by atoms with Crippen LogP contribution < -0.4 is 11.1 Å². The van der Waals surface area contributed by atoms with Crippen molar-refractivity contribution in [3.05, 3.63) is 23.8 Å². The molecule has 0 aromatic heterocycles. The van der Waals surface area contributed by atoms with Crippen LogP contribution in [0.25, 0.3) is 0 Å². The minimum Gasteiger partial charge on any atom is -0.465 e. The highest BCUT2D eigenvalue weighted by Crippen LogP contribution is 2.21. The first-order valence-corrected chi connectivity index (χ1v) is 10.4. The number of ether oxygens (including phenoxy) is 1. The number of hydrogen-bond donors (Lipinski definition) is 2. The molecule has 0 aliphatic rings. The van der Waals surface area contributed by atoms with Crippen molar-refractivity contribution in [2.45, 2.75) is 84.0 Å². The Balaban J connectivity index is 2.15. The van der Waals surface area contributed by atoms with Crippen molar-refractivity contribution in [2.75, 3.05) is 18.2 Å². The van der Waals surface area contributed by atoms with Gasteiger partial charge in [-0.1, -0.05) is 71.1 Å². The van der Waals surface area contributed by atoms with Gasteiger partial charge in [0.15, 0.2) is 0 Å². The molecule has 1 aromatic carbocycles. The van der Waals surface area contributed by atoms with Crippen LogP contribution >= 0.6 is 0 Å². The fourth-order valence-electron chi connectivity index (χ4n) is 3.07. The first-order chi connectivity index (χ1) is 13.1. The highest BCUT2D eigenvalue weighted by atomic mass is 16.5. The van der Waals surface area contributed by atoms with Crippen LogP contribution in [0.1, 0.15) is 94.3 Å². The molecular weight excluding hydrogens is 340 g/mol. The van der Waals surface area contributed by atoms with Gasteiger partial charge in [-0.25, -0.2) is 4.79 Å². The van der Waals surface area contributed by atoms with Gasteiger partial charge in [-0.15, -0.1) is 0 Å². The number of carbonyl (C=O) groups is 2. The van der Waals surface area contributed by atoms with Crippen LogP contribution in [-0.2, 0) is 9.53 Å². The van der Waals surface area contributed by atoms with E-state index in [0.717, 1.165) is 12.8 Å². The van der Waals surface area contributed by atoms with E-state index in [-0.39, 0.29) is 5.91 Å². The largest absolute Gasteiger partial charge is 0.465 e. The van der Waals surface area contributed by atoms with Crippen molar-refractivity contribution in [1.82, 2.24) is 0 Å². The first-order valence-electron chi connectivity index (χ1n) is 10.4. The second kappa shape index (κ2) is 14.1. The number of nitrogen functional groups attached to an aromatic ring is 1. The average molecular weight is 377 g/mol. The van der Waals surface area contributed by atoms with Gasteiger partial charge in [-0.2, -0.15) is 0 Å². The van der Waals surface area contributed by atoms with Gasteiger partial charge in [0, 0.05) is 6.42 Å². The van der Waals surface area contributed by atoms with Crippen molar-refractivity contribution in [3.63, 3.8) is 0 Å². The Labute approximate surface area is 164 Å². The van der Waals surface area contributed by atoms with Crippen molar-refractivity contribution in [1.29, 1.82) is 0 Å². The molecule has 0 saturated carbocycles. The third-order valence-corrected chi connectivity index (χ3v) is 4.76. The maximum atomic E-state index is 12.1. The molecule has 5 nitrogen and oxygen atoms in total. The lowest BCUT2D eigenvalue weighted by molar-refractivity contribution is -0.116. The summed E-state index contributed by atoms with van der Waals surface area (Å²) in [4.78, 5) is 23.7. The van der Waals surface area contributed by atoms with Crippen LogP contribution in [0.4, 0.5) is 11.4 Å². The standard InChI is InChI=1S/C22H36N2O3/c1-3-4-5-6-7-8-9-10-11-12-13-14-21(25)24-20-17-18(22(26)27-2)15-16-19(20)23/h15-17H,3-14,23H2,1-2H3,(H,24,25). The lowest BCUT2D eigenvalue weighted by Gasteiger charge is -2.10. The molecule has 0 fully saturated rings. The van der Waals surface area contributed by atoms with Crippen molar-refractivity contribution in [3.8, 4) is 0 Å². The minimum absolute atomic E-state index is 0.0698. The molecule has 0 unspecified atom stereocenters. The van der Waals surface area contributed by atoms with Gasteiger partial charge >= 0.3 is 5.97 Å². The Morgan fingerprint density at radius 2 is 1.48 bits per heavy atom. The molecule has 3 N–H and O–H groups in total. The normalized spacial score (nSPS) is 10.6. The Kier molecular flexibility index (Phi) is 12.0. The summed E-state index contributed by atoms with van der Waals surface area (Å²) in [6.07, 6.45) is 14.2. The molecule has 1 amide bonds. The molecule has 1 aromatic rings. The summed E-state index contributed by atoms with van der Waals surface area (Å²) in [6.45, 7) is 2.24. The number of unbranched alkanes of at least 4 members (excludes halogenated alkanes) is 10. The Morgan fingerprint density at radius 1 is 0.926 bits per heavy atom. The molecule has 5 heteroatoms. The summed E-state index contributed by atoms with van der Waals surface area (Å²) >= 11 is 0. The summed E-state index contributed by atoms with van der Waals surface area (Å²) < 4.78 is 4.69. The molecule has 0 radical (unpaired) electrons. The second-order valence-electron chi connectivity index (χ2n) is 7.13. The van der Waals surface area contributed by atoms with Crippen molar-refractivity contribution < 1.29 is 14.3 Å². The van der Waals surface area contributed by atoms with Crippen LogP contribution in [0, 0.1) is 0 Å². The van der Waals surface area contributed by atoms with Gasteiger partial charge in [0.25, 0.3) is 0 Å². The lowest BCUT2D eigenvalue weighted by atomic mass is 10.1. The van der Waals surface area contributed by atoms with Gasteiger partial charge in [0.1, 0.15) is 0 Å². The summed E-state index contributed by atoms with van der Waals surface area (Å²) in [5, 5.41) is 2.79. The number of rotatable bonds is 14. The van der Waals surface area contributed by atoms with Gasteiger partial charge in [-0.3, -0.25) is 4.79 Å². The maximum absolute atomic E-state index is 12.1. The van der Waals surface area contributed by atoms with Crippen LogP contribution in [0.15, 0.2) is 18.2 Å². The molecule has 1 rings (SSSR count). The second-order valence-corrected chi connectivity index (χ2v) is 7.13. The third-order valence-electron chi connectivity index (χ3n) is 4.76. The van der Waals surface area contributed by atoms with E-state index in [1.807, 2.05) is 0 Å². The molecule has 0 heterocycles. The molecule has 0 aliphatic carbocycles. The predicted octanol–water partition coefficient (Wildman–Crippen LogP) is 5.70. The molecular formula is C22H36N2O3. The van der Waals surface area contributed by atoms with Gasteiger partial charge < -0.3 is 15.8 Å². The Hall–Kier alpha value is -2.04. The topological polar surface area (TPSA) is 81.4 Å². The van der Waals surface area contributed by atoms with Crippen LogP contribution in [0.5, 0.6) is 0 Å². The molecule has 0 atom stereocenters. The number of methoxy groups -OCH3 is 1. The van der Waals surface area contributed by atoms with E-state index in [0.29, 0.717) is 23.4 Å². The number of carbonyl (C=O) groups excluding carboxylic acids is 2. The van der Waals surface area contributed by atoms with Crippen LogP contribution in [0.3, 0.4) is 0 Å². The summed E-state index contributed by atoms with van der Waals surface area (Å²) in [7, 11) is 1.32. The first kappa shape index (κ1) is 23.0. The molecule has 0 aliphatic heterocycles. The van der Waals surface area contributed by atoms with Crippen LogP contribution in [-0.4, -0.2) is 19.0 Å². The Morgan fingerprint density at radius 3 is 2.04 bits per heavy atom. The summed E-state index contributed by atoms with van der Waals surface area (Å²) in [5.41, 5.74) is 7.15. The molecule has 27 heavy (non-hydrogen) atoms. The Bertz CT molecular complexity index is 573. The number of hydrogen-bond acceptors (Lipinski definition) is 4. The molecule has 0 spiro atoms. The number of amides is 1. The molecule has 0 saturated heterocycles. The molecule has 152 valence electrons. The van der Waals surface area contributed by atoms with Crippen LogP contribution in [0.2, 0.25) is 0 Å². The zero-order chi connectivity index (χ0) is 19.9. The number of nitrogens with two attached hydrogens (primary N) is 1. The number of nitrogens with one attached hydrogen (secondary N) is 1. The van der Waals surface area contributed by atoms with E-state index in [1.54, 1.807) is 18.2 Å². The van der Waals surface area contributed by atoms with E-state index in [9.17, 15) is 9.59 Å². The van der Waals surface area contributed by atoms with Crippen molar-refractivity contribution >= 4 is 23.3 Å². The number of esters is 1. The highest BCUT2D eigenvalue weighted by molar-refractivity contribution is 5.97. The fourth-order valence-corrected chi connectivity index (χ4v) is 3.07. The maximum Gasteiger partial charge on any atom is 0.337 e. The van der Waals surface area contributed by atoms with E-state index < -0.39 is 5.97 Å². The minimum atomic E-state index is -0.448. The highest BCUT2D eigenvalue weighted by Gasteiger charge is 2.10.